The van der Waals surface area contributed by atoms with Crippen molar-refractivity contribution in [3.8, 4) is 0 Å². The van der Waals surface area contributed by atoms with Crippen LogP contribution >= 0.6 is 0 Å². The molecule has 24 heavy (non-hydrogen) atoms. The molecule has 0 saturated carbocycles. The Kier molecular flexibility index (Phi) is 5.05. The summed E-state index contributed by atoms with van der Waals surface area (Å²) in [4.78, 5) is 39.1. The van der Waals surface area contributed by atoms with Crippen LogP contribution in [0.3, 0.4) is 0 Å². The van der Waals surface area contributed by atoms with Crippen LogP contribution in [0.1, 0.15) is 33.7 Å². The highest BCUT2D eigenvalue weighted by Gasteiger charge is 2.37. The Labute approximate surface area is 134 Å². The van der Waals surface area contributed by atoms with Crippen LogP contribution in [-0.2, 0) is 4.79 Å². The number of halogens is 3. The van der Waals surface area contributed by atoms with Gasteiger partial charge in [-0.15, -0.1) is 0 Å². The zero-order valence-electron chi connectivity index (χ0n) is 12.3. The van der Waals surface area contributed by atoms with Gasteiger partial charge in [0, 0.05) is 12.7 Å². The lowest BCUT2D eigenvalue weighted by molar-refractivity contribution is -0.164. The summed E-state index contributed by atoms with van der Waals surface area (Å²) in [6.45, 7) is -1.37. The number of hydrogen-bond donors (Lipinski definition) is 2. The van der Waals surface area contributed by atoms with Gasteiger partial charge in [-0.1, -0.05) is 0 Å². The summed E-state index contributed by atoms with van der Waals surface area (Å²) in [5, 5.41) is 11.1. The smallest absolute Gasteiger partial charge is 0.406 e. The van der Waals surface area contributed by atoms with Gasteiger partial charge < -0.3 is 15.3 Å². The van der Waals surface area contributed by atoms with Crippen LogP contribution in [0.5, 0.6) is 0 Å². The highest BCUT2D eigenvalue weighted by Crippen LogP contribution is 2.20. The number of likely N-dealkylation sites (tertiary alicyclic amines) is 1. The molecule has 2 amide bonds. The van der Waals surface area contributed by atoms with Crippen molar-refractivity contribution >= 4 is 17.8 Å². The van der Waals surface area contributed by atoms with E-state index in [1.165, 1.54) is 12.1 Å². The molecule has 0 aliphatic carbocycles. The van der Waals surface area contributed by atoms with Gasteiger partial charge in [-0.25, -0.2) is 4.79 Å². The highest BCUT2D eigenvalue weighted by atomic mass is 19.4. The molecule has 7 nitrogen and oxygen atoms in total. The summed E-state index contributed by atoms with van der Waals surface area (Å²) in [7, 11) is 0. The van der Waals surface area contributed by atoms with Crippen molar-refractivity contribution in [3.05, 3.63) is 29.6 Å². The highest BCUT2D eigenvalue weighted by molar-refractivity contribution is 5.97. The minimum atomic E-state index is -4.50. The largest absolute Gasteiger partial charge is 0.478 e. The second kappa shape index (κ2) is 6.85. The molecule has 0 radical (unpaired) electrons. The molecule has 1 unspecified atom stereocenters. The molecular formula is C14H14F3N3O4. The zero-order chi connectivity index (χ0) is 17.9. The number of aromatic nitrogens is 1. The summed E-state index contributed by atoms with van der Waals surface area (Å²) in [5.74, 6) is -2.76. The standard InChI is InChI=1S/C14H14F3N3O4/c15-14(16,17)7-20-5-1-2-10(12(20)22)19-11(21)9-4-3-8(6-18-9)13(23)24/h3-4,6,10H,1-2,5,7H2,(H,19,21)(H,23,24). The van der Waals surface area contributed by atoms with Crippen molar-refractivity contribution in [3.63, 3.8) is 0 Å². The number of piperidine rings is 1. The lowest BCUT2D eigenvalue weighted by Crippen LogP contribution is -2.54. The number of hydrogen-bond acceptors (Lipinski definition) is 4. The van der Waals surface area contributed by atoms with Gasteiger partial charge in [-0.3, -0.25) is 14.6 Å². The maximum atomic E-state index is 12.4. The van der Waals surface area contributed by atoms with Gasteiger partial charge in [0.2, 0.25) is 5.91 Å². The number of rotatable bonds is 4. The maximum Gasteiger partial charge on any atom is 0.406 e. The number of carbonyl (C=O) groups is 3. The van der Waals surface area contributed by atoms with E-state index in [-0.39, 0.29) is 24.2 Å². The van der Waals surface area contributed by atoms with Crippen molar-refractivity contribution in [1.82, 2.24) is 15.2 Å². The van der Waals surface area contributed by atoms with Gasteiger partial charge in [-0.05, 0) is 25.0 Å². The van der Waals surface area contributed by atoms with E-state index in [4.69, 9.17) is 5.11 Å². The van der Waals surface area contributed by atoms with Gasteiger partial charge in [0.25, 0.3) is 5.91 Å². The fourth-order valence-electron chi connectivity index (χ4n) is 2.33. The third-order valence-corrected chi connectivity index (χ3v) is 3.45. The first-order valence-corrected chi connectivity index (χ1v) is 7.03. The van der Waals surface area contributed by atoms with Gasteiger partial charge in [0.1, 0.15) is 18.3 Å². The van der Waals surface area contributed by atoms with E-state index in [9.17, 15) is 27.6 Å². The summed E-state index contributed by atoms with van der Waals surface area (Å²) >= 11 is 0. The maximum absolute atomic E-state index is 12.4. The van der Waals surface area contributed by atoms with Crippen molar-refractivity contribution in [2.24, 2.45) is 0 Å². The second-order valence-electron chi connectivity index (χ2n) is 5.28. The van der Waals surface area contributed by atoms with E-state index in [1.54, 1.807) is 0 Å². The molecular weight excluding hydrogens is 331 g/mol. The third-order valence-electron chi connectivity index (χ3n) is 3.45. The van der Waals surface area contributed by atoms with Crippen molar-refractivity contribution < 1.29 is 32.7 Å². The van der Waals surface area contributed by atoms with Crippen LogP contribution in [0.2, 0.25) is 0 Å². The van der Waals surface area contributed by atoms with Gasteiger partial charge in [-0.2, -0.15) is 13.2 Å². The predicted molar refractivity (Wildman–Crippen MR) is 74.3 cm³/mol. The van der Waals surface area contributed by atoms with Crippen molar-refractivity contribution in [1.29, 1.82) is 0 Å². The number of carboxylic acid groups (broad SMARTS) is 1. The zero-order valence-corrected chi connectivity index (χ0v) is 12.3. The molecule has 2 rings (SSSR count). The molecule has 1 aromatic rings. The molecule has 130 valence electrons. The number of nitrogens with one attached hydrogen (secondary N) is 1. The van der Waals surface area contributed by atoms with Gasteiger partial charge in [0.15, 0.2) is 0 Å². The Bertz CT molecular complexity index is 646. The van der Waals surface area contributed by atoms with Gasteiger partial charge >= 0.3 is 12.1 Å². The molecule has 0 aromatic carbocycles. The fraction of sp³-hybridized carbons (Fsp3) is 0.429. The first kappa shape index (κ1) is 17.7. The minimum absolute atomic E-state index is 0.0176. The monoisotopic (exact) mass is 345 g/mol. The second-order valence-corrected chi connectivity index (χ2v) is 5.28. The quantitative estimate of drug-likeness (QED) is 0.850. The average Bonchev–Trinajstić information content (AvgIpc) is 2.50. The molecule has 1 saturated heterocycles. The first-order valence-electron chi connectivity index (χ1n) is 7.03. The van der Waals surface area contributed by atoms with Crippen LogP contribution in [-0.4, -0.2) is 58.1 Å². The Morgan fingerprint density at radius 3 is 2.62 bits per heavy atom. The summed E-state index contributed by atoms with van der Waals surface area (Å²) in [5.41, 5.74) is -0.239. The van der Waals surface area contributed by atoms with Crippen LogP contribution in [0.25, 0.3) is 0 Å². The molecule has 1 fully saturated rings. The SMILES string of the molecule is O=C(O)c1ccc(C(=O)NC2CCCN(CC(F)(F)F)C2=O)nc1. The minimum Gasteiger partial charge on any atom is -0.478 e. The van der Waals surface area contributed by atoms with Crippen molar-refractivity contribution in [2.75, 3.05) is 13.1 Å². The predicted octanol–water partition coefficient (Wildman–Crippen LogP) is 1.06. The molecule has 2 heterocycles. The molecule has 1 aliphatic heterocycles. The first-order chi connectivity index (χ1) is 11.2. The molecule has 10 heteroatoms. The van der Waals surface area contributed by atoms with E-state index in [1.807, 2.05) is 0 Å². The Morgan fingerprint density at radius 2 is 2.08 bits per heavy atom. The Hall–Kier alpha value is -2.65. The molecule has 1 aliphatic rings. The van der Waals surface area contributed by atoms with E-state index < -0.39 is 36.5 Å². The normalized spacial score (nSPS) is 18.4. The summed E-state index contributed by atoms with van der Waals surface area (Å²) in [6, 6.07) is 1.28. The molecule has 2 N–H and O–H groups in total. The Balaban J connectivity index is 2.02. The summed E-state index contributed by atoms with van der Waals surface area (Å²) < 4.78 is 37.3. The van der Waals surface area contributed by atoms with E-state index >= 15 is 0 Å². The van der Waals surface area contributed by atoms with Crippen LogP contribution in [0.15, 0.2) is 18.3 Å². The molecule has 0 spiro atoms. The Morgan fingerprint density at radius 1 is 1.38 bits per heavy atom. The number of carboxylic acids is 1. The lowest BCUT2D eigenvalue weighted by Gasteiger charge is -2.33. The number of nitrogens with zero attached hydrogens (tertiary/aromatic N) is 2. The number of amides is 2. The van der Waals surface area contributed by atoms with E-state index in [0.717, 1.165) is 6.20 Å². The van der Waals surface area contributed by atoms with E-state index in [0.29, 0.717) is 11.3 Å². The van der Waals surface area contributed by atoms with Crippen molar-refractivity contribution in [2.45, 2.75) is 25.1 Å². The van der Waals surface area contributed by atoms with Crippen LogP contribution in [0, 0.1) is 0 Å². The topological polar surface area (TPSA) is 99.6 Å². The van der Waals surface area contributed by atoms with Crippen LogP contribution < -0.4 is 5.32 Å². The number of pyridine rings is 1. The molecule has 0 bridgehead atoms. The fourth-order valence-corrected chi connectivity index (χ4v) is 2.33. The summed E-state index contributed by atoms with van der Waals surface area (Å²) in [6.07, 6.45) is -2.96. The number of alkyl halides is 3. The van der Waals surface area contributed by atoms with Crippen LogP contribution in [0.4, 0.5) is 13.2 Å². The van der Waals surface area contributed by atoms with Gasteiger partial charge in [0.05, 0.1) is 5.56 Å². The number of aromatic carboxylic acids is 1. The third kappa shape index (κ3) is 4.43. The van der Waals surface area contributed by atoms with E-state index in [2.05, 4.69) is 10.3 Å². The lowest BCUT2D eigenvalue weighted by atomic mass is 10.0. The molecule has 1 atom stereocenters. The average molecular weight is 345 g/mol. The number of carbonyl (C=O) groups excluding carboxylic acids is 2. The molecule has 1 aromatic heterocycles.